The molecular weight excluding hydrogens is 417 g/mol. The van der Waals surface area contributed by atoms with Crippen LogP contribution >= 0.6 is 0 Å². The van der Waals surface area contributed by atoms with Gasteiger partial charge in [-0.15, -0.1) is 5.10 Å². The molecule has 0 atom stereocenters. The maximum Gasteiger partial charge on any atom is 0.295 e. The van der Waals surface area contributed by atoms with E-state index < -0.39 is 17.5 Å². The van der Waals surface area contributed by atoms with Crippen molar-refractivity contribution in [1.82, 2.24) is 34.8 Å². The second-order valence-electron chi connectivity index (χ2n) is 7.69. The smallest absolute Gasteiger partial charge is 0.295 e. The molecule has 32 heavy (non-hydrogen) atoms. The van der Waals surface area contributed by atoms with Crippen LogP contribution in [0.1, 0.15) is 43.0 Å². The minimum atomic E-state index is -0.811. The molecule has 4 rings (SSSR count). The zero-order chi connectivity index (χ0) is 22.7. The van der Waals surface area contributed by atoms with Gasteiger partial charge in [-0.2, -0.15) is 0 Å². The maximum atomic E-state index is 14.6. The van der Waals surface area contributed by atoms with E-state index in [2.05, 4.69) is 27.2 Å². The molecule has 0 unspecified atom stereocenters. The van der Waals surface area contributed by atoms with Crippen molar-refractivity contribution < 1.29 is 18.8 Å². The highest BCUT2D eigenvalue weighted by Crippen LogP contribution is 2.26. The molecule has 2 amide bonds. The Morgan fingerprint density at radius 3 is 2.56 bits per heavy atom. The highest BCUT2D eigenvalue weighted by Gasteiger charge is 2.31. The van der Waals surface area contributed by atoms with Crippen molar-refractivity contribution in [2.24, 2.45) is 0 Å². The number of carbonyl (C=O) groups is 3. The summed E-state index contributed by atoms with van der Waals surface area (Å²) in [5.74, 6) is -1.91. The van der Waals surface area contributed by atoms with Crippen LogP contribution in [0.5, 0.6) is 0 Å². The number of ketones is 1. The van der Waals surface area contributed by atoms with Crippen LogP contribution < -0.4 is 0 Å². The van der Waals surface area contributed by atoms with E-state index in [4.69, 9.17) is 0 Å². The fraction of sp³-hybridized carbons (Fsp3) is 0.429. The van der Waals surface area contributed by atoms with Crippen molar-refractivity contribution >= 4 is 28.5 Å². The zero-order valence-corrected chi connectivity index (χ0v) is 17.8. The lowest BCUT2D eigenvalue weighted by atomic mass is 10.1. The average Bonchev–Trinajstić information content (AvgIpc) is 3.50. The number of nitrogens with one attached hydrogen (secondary N) is 1. The molecule has 0 aromatic carbocycles. The summed E-state index contributed by atoms with van der Waals surface area (Å²) in [6.45, 7) is 3.37. The number of hydrogen-bond donors (Lipinski definition) is 1. The van der Waals surface area contributed by atoms with Crippen molar-refractivity contribution in [2.45, 2.75) is 32.6 Å². The number of fused-ring (bicyclic) bond motifs is 1. The Labute approximate surface area is 183 Å². The van der Waals surface area contributed by atoms with Gasteiger partial charge in [0, 0.05) is 38.8 Å². The van der Waals surface area contributed by atoms with Crippen molar-refractivity contribution in [3.63, 3.8) is 0 Å². The first-order chi connectivity index (χ1) is 15.5. The van der Waals surface area contributed by atoms with Crippen molar-refractivity contribution in [2.75, 3.05) is 26.2 Å². The SMILES string of the molecule is CCCCCC(=O)N1CCN(C(=O)C(=O)c2c[nH]c3c(-n4ccnn4)ncc(F)c23)CC1. The van der Waals surface area contributed by atoms with E-state index in [1.807, 2.05) is 0 Å². The standard InChI is InChI=1S/C21H24FN7O3/c1-2-3-4-5-16(30)27-8-10-28(11-9-27)21(32)19(31)14-12-23-18-17(14)15(22)13-24-20(18)29-7-6-25-26-29/h6-7,12-13,23H,2-5,8-11H2,1H3. The number of halogens is 1. The van der Waals surface area contributed by atoms with Crippen LogP contribution in [0, 0.1) is 5.82 Å². The Morgan fingerprint density at radius 1 is 1.12 bits per heavy atom. The van der Waals surface area contributed by atoms with E-state index in [0.717, 1.165) is 25.5 Å². The van der Waals surface area contributed by atoms with Gasteiger partial charge in [0.1, 0.15) is 0 Å². The monoisotopic (exact) mass is 441 g/mol. The Balaban J connectivity index is 1.48. The lowest BCUT2D eigenvalue weighted by Gasteiger charge is -2.34. The Bertz CT molecular complexity index is 1130. The summed E-state index contributed by atoms with van der Waals surface area (Å²) in [7, 11) is 0. The normalized spacial score (nSPS) is 14.2. The first kappa shape index (κ1) is 21.6. The Kier molecular flexibility index (Phi) is 6.24. The highest BCUT2D eigenvalue weighted by molar-refractivity contribution is 6.45. The lowest BCUT2D eigenvalue weighted by molar-refractivity contribution is -0.137. The molecule has 1 saturated heterocycles. The molecule has 1 fully saturated rings. The molecule has 0 aliphatic carbocycles. The number of aromatic nitrogens is 5. The van der Waals surface area contributed by atoms with Crippen LogP contribution in [0.15, 0.2) is 24.8 Å². The lowest BCUT2D eigenvalue weighted by Crippen LogP contribution is -2.52. The first-order valence-corrected chi connectivity index (χ1v) is 10.6. The molecule has 3 aromatic rings. The summed E-state index contributed by atoms with van der Waals surface area (Å²) in [5.41, 5.74) is 0.179. The van der Waals surface area contributed by atoms with Gasteiger partial charge in [-0.1, -0.05) is 25.0 Å². The van der Waals surface area contributed by atoms with Gasteiger partial charge >= 0.3 is 0 Å². The molecule has 4 heterocycles. The van der Waals surface area contributed by atoms with Crippen LogP contribution in [-0.4, -0.2) is 78.5 Å². The molecule has 11 heteroatoms. The number of pyridine rings is 1. The van der Waals surface area contributed by atoms with Crippen LogP contribution in [0.4, 0.5) is 4.39 Å². The molecule has 0 saturated carbocycles. The van der Waals surface area contributed by atoms with Gasteiger partial charge in [0.05, 0.1) is 35.1 Å². The van der Waals surface area contributed by atoms with E-state index in [1.165, 1.54) is 28.2 Å². The quantitative estimate of drug-likeness (QED) is 0.339. The third-order valence-corrected chi connectivity index (χ3v) is 5.63. The highest BCUT2D eigenvalue weighted by atomic mass is 19.1. The van der Waals surface area contributed by atoms with Gasteiger partial charge < -0.3 is 14.8 Å². The van der Waals surface area contributed by atoms with E-state index in [0.29, 0.717) is 19.5 Å². The summed E-state index contributed by atoms with van der Waals surface area (Å²) in [6.07, 6.45) is 8.68. The minimum absolute atomic E-state index is 0.0198. The van der Waals surface area contributed by atoms with Crippen LogP contribution in [0.25, 0.3) is 16.7 Å². The number of carbonyl (C=O) groups excluding carboxylic acids is 3. The summed E-state index contributed by atoms with van der Waals surface area (Å²) in [5, 5.41) is 7.53. The summed E-state index contributed by atoms with van der Waals surface area (Å²) in [4.78, 5) is 48.1. The zero-order valence-electron chi connectivity index (χ0n) is 17.8. The second kappa shape index (κ2) is 9.25. The molecule has 1 N–H and O–H groups in total. The van der Waals surface area contributed by atoms with Gasteiger partial charge in [0.25, 0.3) is 11.7 Å². The van der Waals surface area contributed by atoms with E-state index in [-0.39, 0.29) is 41.3 Å². The van der Waals surface area contributed by atoms with E-state index >= 15 is 0 Å². The number of rotatable bonds is 7. The van der Waals surface area contributed by atoms with Gasteiger partial charge in [-0.3, -0.25) is 14.4 Å². The molecule has 1 aliphatic heterocycles. The number of piperazine rings is 1. The van der Waals surface area contributed by atoms with E-state index in [1.54, 1.807) is 4.90 Å². The fourth-order valence-electron chi connectivity index (χ4n) is 3.87. The molecular formula is C21H24FN7O3. The van der Waals surface area contributed by atoms with Gasteiger partial charge in [0.2, 0.25) is 5.91 Å². The average molecular weight is 441 g/mol. The summed E-state index contributed by atoms with van der Waals surface area (Å²) >= 11 is 0. The van der Waals surface area contributed by atoms with Crippen molar-refractivity contribution in [3.8, 4) is 5.82 Å². The van der Waals surface area contributed by atoms with Crippen LogP contribution in [0.3, 0.4) is 0 Å². The number of nitrogens with zero attached hydrogens (tertiary/aromatic N) is 6. The van der Waals surface area contributed by atoms with Crippen LogP contribution in [-0.2, 0) is 9.59 Å². The molecule has 0 bridgehead atoms. The second-order valence-corrected chi connectivity index (χ2v) is 7.69. The van der Waals surface area contributed by atoms with Crippen molar-refractivity contribution in [1.29, 1.82) is 0 Å². The van der Waals surface area contributed by atoms with Crippen LogP contribution in [0.2, 0.25) is 0 Å². The largest absolute Gasteiger partial charge is 0.357 e. The molecule has 10 nitrogen and oxygen atoms in total. The Morgan fingerprint density at radius 2 is 1.88 bits per heavy atom. The first-order valence-electron chi connectivity index (χ1n) is 10.6. The Hall–Kier alpha value is -3.63. The van der Waals surface area contributed by atoms with Crippen molar-refractivity contribution in [3.05, 3.63) is 36.2 Å². The number of unbranched alkanes of at least 4 members (excludes halogenated alkanes) is 2. The third kappa shape index (κ3) is 4.10. The molecule has 168 valence electrons. The third-order valence-electron chi connectivity index (χ3n) is 5.63. The topological polar surface area (TPSA) is 117 Å². The molecule has 3 aromatic heterocycles. The molecule has 1 aliphatic rings. The number of aromatic amines is 1. The minimum Gasteiger partial charge on any atom is -0.357 e. The van der Waals surface area contributed by atoms with Gasteiger partial charge in [-0.25, -0.2) is 14.1 Å². The predicted octanol–water partition coefficient (Wildman–Crippen LogP) is 1.72. The predicted molar refractivity (Wildman–Crippen MR) is 113 cm³/mol. The number of amides is 2. The fourth-order valence-corrected chi connectivity index (χ4v) is 3.87. The number of H-pyrrole nitrogens is 1. The van der Waals surface area contributed by atoms with Gasteiger partial charge in [-0.05, 0) is 6.42 Å². The van der Waals surface area contributed by atoms with Gasteiger partial charge in [0.15, 0.2) is 11.6 Å². The summed E-state index contributed by atoms with van der Waals surface area (Å²) < 4.78 is 15.9. The van der Waals surface area contributed by atoms with E-state index in [9.17, 15) is 18.8 Å². The molecule has 0 radical (unpaired) electrons. The molecule has 0 spiro atoms. The number of Topliss-reactive ketones (excluding diaryl/α,β-unsaturated/α-hetero) is 1. The number of hydrogen-bond acceptors (Lipinski definition) is 6. The summed E-state index contributed by atoms with van der Waals surface area (Å²) in [6, 6.07) is 0. The maximum absolute atomic E-state index is 14.6.